The molecule has 1 aliphatic rings. The van der Waals surface area contributed by atoms with Crippen LogP contribution in [0.2, 0.25) is 5.02 Å². The van der Waals surface area contributed by atoms with Gasteiger partial charge in [0.2, 0.25) is 0 Å². The molecule has 0 aromatic heterocycles. The molecule has 128 valence electrons. The highest BCUT2D eigenvalue weighted by atomic mass is 35.5. The van der Waals surface area contributed by atoms with Crippen LogP contribution in [0.1, 0.15) is 23.6 Å². The summed E-state index contributed by atoms with van der Waals surface area (Å²) in [5.41, 5.74) is 8.29. The molecule has 24 heavy (non-hydrogen) atoms. The smallest absolute Gasteiger partial charge is 0.0602 e. The van der Waals surface area contributed by atoms with Crippen molar-refractivity contribution in [2.24, 2.45) is 5.73 Å². The second-order valence-corrected chi connectivity index (χ2v) is 6.82. The number of hydrogen-bond acceptors (Lipinski definition) is 3. The van der Waals surface area contributed by atoms with Crippen LogP contribution in [-0.4, -0.2) is 49.1 Å². The van der Waals surface area contributed by atoms with E-state index in [9.17, 15) is 0 Å². The summed E-state index contributed by atoms with van der Waals surface area (Å²) in [6.45, 7) is 6.26. The van der Waals surface area contributed by atoms with Crippen LogP contribution >= 0.6 is 11.6 Å². The van der Waals surface area contributed by atoms with Crippen LogP contribution in [0.5, 0.6) is 0 Å². The molecule has 1 saturated heterocycles. The van der Waals surface area contributed by atoms with E-state index in [-0.39, 0.29) is 0 Å². The predicted octanol–water partition coefficient (Wildman–Crippen LogP) is 3.40. The molecule has 0 spiro atoms. The quantitative estimate of drug-likeness (QED) is 0.872. The lowest BCUT2D eigenvalue weighted by Crippen LogP contribution is -2.48. The second-order valence-electron chi connectivity index (χ2n) is 6.38. The van der Waals surface area contributed by atoms with Gasteiger partial charge in [0, 0.05) is 31.2 Å². The Balaban J connectivity index is 1.77. The third-order valence-electron chi connectivity index (χ3n) is 4.75. The largest absolute Gasteiger partial charge is 0.330 e. The van der Waals surface area contributed by atoms with Crippen molar-refractivity contribution in [2.75, 3.05) is 39.3 Å². The number of benzene rings is 2. The summed E-state index contributed by atoms with van der Waals surface area (Å²) in [6, 6.07) is 19.3. The maximum atomic E-state index is 6.09. The molecular weight excluding hydrogens is 318 g/mol. The number of hydrogen-bond donors (Lipinski definition) is 1. The SMILES string of the molecule is NCCCN1CCN([C@H](c2ccccc2)c2ccc(Cl)cc2)CC1. The molecule has 1 heterocycles. The van der Waals surface area contributed by atoms with E-state index in [2.05, 4.69) is 52.3 Å². The monoisotopic (exact) mass is 343 g/mol. The van der Waals surface area contributed by atoms with E-state index >= 15 is 0 Å². The van der Waals surface area contributed by atoms with Gasteiger partial charge in [-0.15, -0.1) is 0 Å². The van der Waals surface area contributed by atoms with E-state index in [0.29, 0.717) is 6.04 Å². The van der Waals surface area contributed by atoms with Gasteiger partial charge in [-0.2, -0.15) is 0 Å². The lowest BCUT2D eigenvalue weighted by atomic mass is 9.96. The highest BCUT2D eigenvalue weighted by Crippen LogP contribution is 2.30. The Kier molecular flexibility index (Phi) is 6.27. The topological polar surface area (TPSA) is 32.5 Å². The number of piperazine rings is 1. The van der Waals surface area contributed by atoms with Crippen molar-refractivity contribution in [1.29, 1.82) is 0 Å². The zero-order valence-electron chi connectivity index (χ0n) is 14.1. The molecule has 0 bridgehead atoms. The van der Waals surface area contributed by atoms with Crippen molar-refractivity contribution in [1.82, 2.24) is 9.80 Å². The molecule has 3 rings (SSSR count). The molecule has 0 radical (unpaired) electrons. The Bertz CT molecular complexity index is 607. The highest BCUT2D eigenvalue weighted by molar-refractivity contribution is 6.30. The average molecular weight is 344 g/mol. The van der Waals surface area contributed by atoms with Crippen molar-refractivity contribution in [3.05, 3.63) is 70.7 Å². The zero-order valence-corrected chi connectivity index (χ0v) is 14.8. The van der Waals surface area contributed by atoms with Crippen LogP contribution < -0.4 is 5.73 Å². The molecular formula is C20H26ClN3. The summed E-state index contributed by atoms with van der Waals surface area (Å²) in [4.78, 5) is 5.10. The Morgan fingerprint density at radius 3 is 2.12 bits per heavy atom. The van der Waals surface area contributed by atoms with Gasteiger partial charge in [-0.3, -0.25) is 4.90 Å². The second kappa shape index (κ2) is 8.63. The molecule has 0 unspecified atom stereocenters. The molecule has 3 nitrogen and oxygen atoms in total. The first-order chi connectivity index (χ1) is 11.8. The fraction of sp³-hybridized carbons (Fsp3) is 0.400. The van der Waals surface area contributed by atoms with Crippen LogP contribution in [0, 0.1) is 0 Å². The van der Waals surface area contributed by atoms with E-state index in [0.717, 1.165) is 50.7 Å². The molecule has 4 heteroatoms. The number of halogens is 1. The highest BCUT2D eigenvalue weighted by Gasteiger charge is 2.26. The van der Waals surface area contributed by atoms with Crippen LogP contribution in [0.15, 0.2) is 54.6 Å². The first-order valence-corrected chi connectivity index (χ1v) is 9.12. The van der Waals surface area contributed by atoms with E-state index in [4.69, 9.17) is 17.3 Å². The van der Waals surface area contributed by atoms with Gasteiger partial charge < -0.3 is 10.6 Å². The summed E-state index contributed by atoms with van der Waals surface area (Å²) in [7, 11) is 0. The van der Waals surface area contributed by atoms with E-state index in [1.54, 1.807) is 0 Å². The van der Waals surface area contributed by atoms with Gasteiger partial charge in [0.15, 0.2) is 0 Å². The van der Waals surface area contributed by atoms with Crippen LogP contribution in [0.4, 0.5) is 0 Å². The summed E-state index contributed by atoms with van der Waals surface area (Å²) >= 11 is 6.09. The van der Waals surface area contributed by atoms with Crippen molar-refractivity contribution < 1.29 is 0 Å². The van der Waals surface area contributed by atoms with Crippen molar-refractivity contribution in [3.8, 4) is 0 Å². The van der Waals surface area contributed by atoms with E-state index in [1.807, 2.05) is 12.1 Å². The minimum atomic E-state index is 0.292. The van der Waals surface area contributed by atoms with Gasteiger partial charge in [-0.1, -0.05) is 54.1 Å². The Morgan fingerprint density at radius 1 is 0.875 bits per heavy atom. The molecule has 0 aliphatic carbocycles. The molecule has 2 N–H and O–H groups in total. The summed E-state index contributed by atoms with van der Waals surface area (Å²) < 4.78 is 0. The molecule has 2 aromatic rings. The van der Waals surface area contributed by atoms with E-state index < -0.39 is 0 Å². The standard InChI is InChI=1S/C20H26ClN3/c21-19-9-7-18(8-10-19)20(17-5-2-1-3-6-17)24-15-13-23(14-16-24)12-4-11-22/h1-3,5-10,20H,4,11-16,22H2/t20-/m1/s1. The fourth-order valence-electron chi connectivity index (χ4n) is 3.45. The van der Waals surface area contributed by atoms with Crippen LogP contribution in [0.3, 0.4) is 0 Å². The number of nitrogens with two attached hydrogens (primary N) is 1. The minimum absolute atomic E-state index is 0.292. The zero-order chi connectivity index (χ0) is 16.8. The average Bonchev–Trinajstić information content (AvgIpc) is 2.64. The predicted molar refractivity (Wildman–Crippen MR) is 101 cm³/mol. The van der Waals surface area contributed by atoms with Gasteiger partial charge in [-0.25, -0.2) is 0 Å². The molecule has 0 saturated carbocycles. The Labute approximate surface area is 150 Å². The molecule has 1 atom stereocenters. The number of nitrogens with zero attached hydrogens (tertiary/aromatic N) is 2. The van der Waals surface area contributed by atoms with E-state index in [1.165, 1.54) is 11.1 Å². The Morgan fingerprint density at radius 2 is 1.50 bits per heavy atom. The van der Waals surface area contributed by atoms with Crippen molar-refractivity contribution in [3.63, 3.8) is 0 Å². The minimum Gasteiger partial charge on any atom is -0.330 e. The molecule has 2 aromatic carbocycles. The van der Waals surface area contributed by atoms with Gasteiger partial charge in [0.05, 0.1) is 6.04 Å². The van der Waals surface area contributed by atoms with Crippen molar-refractivity contribution >= 4 is 11.6 Å². The maximum absolute atomic E-state index is 6.09. The molecule has 1 aliphatic heterocycles. The maximum Gasteiger partial charge on any atom is 0.0602 e. The van der Waals surface area contributed by atoms with Gasteiger partial charge in [-0.05, 0) is 42.8 Å². The summed E-state index contributed by atoms with van der Waals surface area (Å²) in [6.07, 6.45) is 1.08. The van der Waals surface area contributed by atoms with Gasteiger partial charge in [0.1, 0.15) is 0 Å². The molecule has 0 amide bonds. The van der Waals surface area contributed by atoms with Crippen molar-refractivity contribution in [2.45, 2.75) is 12.5 Å². The fourth-order valence-corrected chi connectivity index (χ4v) is 3.58. The Hall–Kier alpha value is -1.39. The van der Waals surface area contributed by atoms with Crippen LogP contribution in [-0.2, 0) is 0 Å². The first-order valence-electron chi connectivity index (χ1n) is 8.75. The van der Waals surface area contributed by atoms with Gasteiger partial charge >= 0.3 is 0 Å². The third kappa shape index (κ3) is 4.37. The normalized spacial score (nSPS) is 17.8. The van der Waals surface area contributed by atoms with Crippen LogP contribution in [0.25, 0.3) is 0 Å². The number of rotatable bonds is 6. The summed E-state index contributed by atoms with van der Waals surface area (Å²) in [5.74, 6) is 0. The third-order valence-corrected chi connectivity index (χ3v) is 5.00. The first kappa shape index (κ1) is 17.4. The lowest BCUT2D eigenvalue weighted by Gasteiger charge is -2.39. The molecule has 1 fully saturated rings. The lowest BCUT2D eigenvalue weighted by molar-refractivity contribution is 0.109. The summed E-state index contributed by atoms with van der Waals surface area (Å²) in [5, 5.41) is 0.789. The van der Waals surface area contributed by atoms with Gasteiger partial charge in [0.25, 0.3) is 0 Å².